The van der Waals surface area contributed by atoms with Gasteiger partial charge in [0.15, 0.2) is 0 Å². The van der Waals surface area contributed by atoms with Crippen molar-refractivity contribution in [1.82, 2.24) is 15.1 Å². The molecule has 2 aromatic heterocycles. The van der Waals surface area contributed by atoms with Crippen molar-refractivity contribution in [3.05, 3.63) is 16.8 Å². The van der Waals surface area contributed by atoms with Gasteiger partial charge >= 0.3 is 5.97 Å². The van der Waals surface area contributed by atoms with E-state index >= 15 is 0 Å². The molecule has 1 aliphatic carbocycles. The summed E-state index contributed by atoms with van der Waals surface area (Å²) in [4.78, 5) is 19.7. The Morgan fingerprint density at radius 3 is 3.00 bits per heavy atom. The first kappa shape index (κ1) is 12.3. The van der Waals surface area contributed by atoms with Crippen molar-refractivity contribution in [2.24, 2.45) is 5.92 Å². The molecule has 3 rings (SSSR count). The van der Waals surface area contributed by atoms with Crippen molar-refractivity contribution < 1.29 is 14.4 Å². The number of rotatable bonds is 3. The van der Waals surface area contributed by atoms with Gasteiger partial charge in [0.05, 0.1) is 17.3 Å². The molecule has 1 N–H and O–H groups in total. The molecule has 0 amide bonds. The van der Waals surface area contributed by atoms with Crippen LogP contribution >= 0.6 is 11.3 Å². The summed E-state index contributed by atoms with van der Waals surface area (Å²) in [5.74, 6) is -0.511. The monoisotopic (exact) mass is 279 g/mol. The first-order valence-electron chi connectivity index (χ1n) is 6.20. The molecule has 2 unspecified atom stereocenters. The first-order chi connectivity index (χ1) is 9.25. The fourth-order valence-electron chi connectivity index (χ4n) is 2.53. The molecule has 6 nitrogen and oxygen atoms in total. The average molecular weight is 279 g/mol. The molecule has 0 bridgehead atoms. The van der Waals surface area contributed by atoms with Gasteiger partial charge < -0.3 is 9.63 Å². The van der Waals surface area contributed by atoms with Crippen LogP contribution in [0.25, 0.3) is 11.5 Å². The molecular formula is C12H13N3O3S. The van der Waals surface area contributed by atoms with Crippen LogP contribution in [0.2, 0.25) is 0 Å². The van der Waals surface area contributed by atoms with Gasteiger partial charge in [-0.15, -0.1) is 11.3 Å². The van der Waals surface area contributed by atoms with Crippen molar-refractivity contribution in [3.8, 4) is 11.5 Å². The van der Waals surface area contributed by atoms with Gasteiger partial charge in [-0.25, -0.2) is 4.98 Å². The quantitative estimate of drug-likeness (QED) is 0.928. The molecule has 100 valence electrons. The Kier molecular flexibility index (Phi) is 3.29. The van der Waals surface area contributed by atoms with Crippen LogP contribution in [0.1, 0.15) is 37.5 Å². The Hall–Kier alpha value is -1.76. The number of nitrogens with zero attached hydrogens (tertiary/aromatic N) is 3. The predicted octanol–water partition coefficient (Wildman–Crippen LogP) is 2.55. The van der Waals surface area contributed by atoms with Crippen molar-refractivity contribution in [2.45, 2.75) is 31.6 Å². The molecule has 7 heteroatoms. The van der Waals surface area contributed by atoms with E-state index in [4.69, 9.17) is 4.52 Å². The molecule has 0 saturated heterocycles. The van der Waals surface area contributed by atoms with Crippen LogP contribution in [-0.2, 0) is 4.79 Å². The molecule has 2 aromatic rings. The van der Waals surface area contributed by atoms with Gasteiger partial charge in [0, 0.05) is 5.38 Å². The van der Waals surface area contributed by atoms with E-state index in [1.54, 1.807) is 5.51 Å². The zero-order valence-corrected chi connectivity index (χ0v) is 11.0. The van der Waals surface area contributed by atoms with E-state index in [1.807, 2.05) is 5.38 Å². The summed E-state index contributed by atoms with van der Waals surface area (Å²) in [6.45, 7) is 0. The minimum atomic E-state index is -0.780. The molecule has 2 heterocycles. The summed E-state index contributed by atoms with van der Waals surface area (Å²) in [6, 6.07) is 0. The van der Waals surface area contributed by atoms with Gasteiger partial charge in [-0.3, -0.25) is 4.79 Å². The second-order valence-electron chi connectivity index (χ2n) is 4.67. The van der Waals surface area contributed by atoms with Crippen LogP contribution in [0, 0.1) is 5.92 Å². The van der Waals surface area contributed by atoms with E-state index in [2.05, 4.69) is 15.1 Å². The highest BCUT2D eigenvalue weighted by molar-refractivity contribution is 7.07. The van der Waals surface area contributed by atoms with Crippen LogP contribution in [-0.4, -0.2) is 26.2 Å². The molecule has 2 atom stereocenters. The van der Waals surface area contributed by atoms with E-state index in [-0.39, 0.29) is 5.92 Å². The highest BCUT2D eigenvalue weighted by Crippen LogP contribution is 2.37. The van der Waals surface area contributed by atoms with E-state index in [9.17, 15) is 9.90 Å². The summed E-state index contributed by atoms with van der Waals surface area (Å²) >= 11 is 1.46. The van der Waals surface area contributed by atoms with Gasteiger partial charge in [-0.2, -0.15) is 4.98 Å². The van der Waals surface area contributed by atoms with Crippen LogP contribution in [0.3, 0.4) is 0 Å². The lowest BCUT2D eigenvalue weighted by atomic mass is 9.79. The van der Waals surface area contributed by atoms with E-state index in [0.717, 1.165) is 19.3 Å². The lowest BCUT2D eigenvalue weighted by Crippen LogP contribution is -2.25. The summed E-state index contributed by atoms with van der Waals surface area (Å²) in [5.41, 5.74) is 2.37. The molecule has 0 spiro atoms. The SMILES string of the molecule is O=C(O)C1CCCCC1c1nc(-c2cscn2)no1. The molecule has 0 aromatic carbocycles. The maximum Gasteiger partial charge on any atom is 0.307 e. The predicted molar refractivity (Wildman–Crippen MR) is 67.7 cm³/mol. The first-order valence-corrected chi connectivity index (χ1v) is 7.15. The van der Waals surface area contributed by atoms with Crippen molar-refractivity contribution in [1.29, 1.82) is 0 Å². The van der Waals surface area contributed by atoms with E-state index in [0.29, 0.717) is 23.8 Å². The van der Waals surface area contributed by atoms with Gasteiger partial charge in [0.2, 0.25) is 11.7 Å². The summed E-state index contributed by atoms with van der Waals surface area (Å²) < 4.78 is 5.25. The molecule has 1 saturated carbocycles. The number of carboxylic acid groups (broad SMARTS) is 1. The Labute approximate surface area is 113 Å². The minimum Gasteiger partial charge on any atom is -0.481 e. The van der Waals surface area contributed by atoms with Crippen LogP contribution in [0.5, 0.6) is 0 Å². The van der Waals surface area contributed by atoms with Crippen molar-refractivity contribution in [3.63, 3.8) is 0 Å². The normalized spacial score (nSPS) is 23.4. The lowest BCUT2D eigenvalue weighted by Gasteiger charge is -2.25. The minimum absolute atomic E-state index is 0.175. The highest BCUT2D eigenvalue weighted by atomic mass is 32.1. The summed E-state index contributed by atoms with van der Waals surface area (Å²) in [7, 11) is 0. The topological polar surface area (TPSA) is 89.1 Å². The van der Waals surface area contributed by atoms with Gasteiger partial charge in [-0.1, -0.05) is 18.0 Å². The molecule has 1 fully saturated rings. The molecule has 19 heavy (non-hydrogen) atoms. The van der Waals surface area contributed by atoms with Gasteiger partial charge in [0.1, 0.15) is 5.69 Å². The Morgan fingerprint density at radius 1 is 1.42 bits per heavy atom. The lowest BCUT2D eigenvalue weighted by molar-refractivity contribution is -0.143. The van der Waals surface area contributed by atoms with E-state index in [1.165, 1.54) is 11.3 Å². The number of hydrogen-bond acceptors (Lipinski definition) is 6. The number of hydrogen-bond donors (Lipinski definition) is 1. The molecule has 0 radical (unpaired) electrons. The van der Waals surface area contributed by atoms with Crippen molar-refractivity contribution >= 4 is 17.3 Å². The van der Waals surface area contributed by atoms with Gasteiger partial charge in [-0.05, 0) is 12.8 Å². The third-order valence-electron chi connectivity index (χ3n) is 3.50. The molecule has 0 aliphatic heterocycles. The molecule has 1 aliphatic rings. The fourth-order valence-corrected chi connectivity index (χ4v) is 3.07. The number of aromatic nitrogens is 3. The number of carboxylic acids is 1. The Bertz CT molecular complexity index is 567. The van der Waals surface area contributed by atoms with Crippen LogP contribution in [0.15, 0.2) is 15.4 Å². The van der Waals surface area contributed by atoms with Crippen LogP contribution < -0.4 is 0 Å². The zero-order chi connectivity index (χ0) is 13.2. The third-order valence-corrected chi connectivity index (χ3v) is 4.09. The zero-order valence-electron chi connectivity index (χ0n) is 10.2. The third kappa shape index (κ3) is 2.37. The van der Waals surface area contributed by atoms with E-state index < -0.39 is 11.9 Å². The Morgan fingerprint density at radius 2 is 2.26 bits per heavy atom. The maximum absolute atomic E-state index is 11.3. The average Bonchev–Trinajstić information content (AvgIpc) is 3.09. The fraction of sp³-hybridized carbons (Fsp3) is 0.500. The largest absolute Gasteiger partial charge is 0.481 e. The second kappa shape index (κ2) is 5.08. The molecular weight excluding hydrogens is 266 g/mol. The highest BCUT2D eigenvalue weighted by Gasteiger charge is 2.35. The number of carbonyl (C=O) groups is 1. The number of aliphatic carboxylic acids is 1. The maximum atomic E-state index is 11.3. The Balaban J connectivity index is 1.87. The van der Waals surface area contributed by atoms with Crippen LogP contribution in [0.4, 0.5) is 0 Å². The summed E-state index contributed by atoms with van der Waals surface area (Å²) in [5, 5.41) is 15.0. The van der Waals surface area contributed by atoms with Gasteiger partial charge in [0.25, 0.3) is 0 Å². The standard InChI is InChI=1S/C12H13N3O3S/c16-12(17)8-4-2-1-3-7(8)11-14-10(15-18-11)9-5-19-6-13-9/h5-8H,1-4H2,(H,16,17). The summed E-state index contributed by atoms with van der Waals surface area (Å²) in [6.07, 6.45) is 3.41. The number of thiazole rings is 1. The second-order valence-corrected chi connectivity index (χ2v) is 5.38. The smallest absolute Gasteiger partial charge is 0.307 e. The van der Waals surface area contributed by atoms with Crippen molar-refractivity contribution in [2.75, 3.05) is 0 Å².